The minimum atomic E-state index is -1.31. The summed E-state index contributed by atoms with van der Waals surface area (Å²) in [5.41, 5.74) is 2.93. The molecule has 4 rings (SSSR count). The molecule has 0 aliphatic carbocycles. The van der Waals surface area contributed by atoms with E-state index in [2.05, 4.69) is 42.2 Å². The van der Waals surface area contributed by atoms with Gasteiger partial charge in [0.25, 0.3) is 0 Å². The summed E-state index contributed by atoms with van der Waals surface area (Å²) in [5.74, 6) is -1.64. The van der Waals surface area contributed by atoms with Crippen molar-refractivity contribution in [2.24, 2.45) is 5.92 Å². The second-order valence-electron chi connectivity index (χ2n) is 8.19. The molecule has 0 aromatic heterocycles. The van der Waals surface area contributed by atoms with Crippen LogP contribution in [0.2, 0.25) is 5.02 Å². The summed E-state index contributed by atoms with van der Waals surface area (Å²) in [4.78, 5) is 14.7. The third-order valence-electron chi connectivity index (χ3n) is 5.76. The van der Waals surface area contributed by atoms with Crippen molar-refractivity contribution in [3.05, 3.63) is 77.1 Å². The van der Waals surface area contributed by atoms with E-state index in [-0.39, 0.29) is 5.56 Å². The second-order valence-corrected chi connectivity index (χ2v) is 9.80. The maximum atomic E-state index is 13.9. The number of fused-ring (bicyclic) bond motifs is 1. The van der Waals surface area contributed by atoms with Gasteiger partial charge in [-0.3, -0.25) is 0 Å². The number of carboxylic acids is 1. The number of hydrogen-bond donors (Lipinski definition) is 1. The van der Waals surface area contributed by atoms with E-state index >= 15 is 0 Å². The number of hydrogen-bond acceptors (Lipinski definition) is 4. The van der Waals surface area contributed by atoms with Gasteiger partial charge in [-0.05, 0) is 66.9 Å². The summed E-state index contributed by atoms with van der Waals surface area (Å²) in [6.45, 7) is 5.23. The van der Waals surface area contributed by atoms with Gasteiger partial charge < -0.3 is 10.0 Å². The van der Waals surface area contributed by atoms with E-state index in [9.17, 15) is 14.3 Å². The second kappa shape index (κ2) is 9.14. The molecule has 1 atom stereocenters. The number of rotatable bonds is 4. The van der Waals surface area contributed by atoms with Crippen molar-refractivity contribution in [1.82, 2.24) is 4.31 Å². The lowest BCUT2D eigenvalue weighted by Gasteiger charge is -2.32. The monoisotopic (exact) mass is 470 g/mol. The highest BCUT2D eigenvalue weighted by molar-refractivity contribution is 7.97. The highest BCUT2D eigenvalue weighted by Crippen LogP contribution is 2.45. The Morgan fingerprint density at radius 2 is 1.88 bits per heavy atom. The van der Waals surface area contributed by atoms with Crippen LogP contribution in [0.3, 0.4) is 0 Å². The Morgan fingerprint density at radius 3 is 2.53 bits per heavy atom. The van der Waals surface area contributed by atoms with Gasteiger partial charge in [0.2, 0.25) is 0 Å². The van der Waals surface area contributed by atoms with Gasteiger partial charge in [0, 0.05) is 28.7 Å². The van der Waals surface area contributed by atoms with Gasteiger partial charge in [-0.1, -0.05) is 49.7 Å². The predicted octanol–water partition coefficient (Wildman–Crippen LogP) is 6.96. The average molecular weight is 471 g/mol. The largest absolute Gasteiger partial charge is 0.478 e. The molecule has 0 saturated heterocycles. The Balaban J connectivity index is 1.87. The molecular weight excluding hydrogens is 447 g/mol. The lowest BCUT2D eigenvalue weighted by Crippen LogP contribution is -2.39. The lowest BCUT2D eigenvalue weighted by molar-refractivity contribution is 0.0692. The fourth-order valence-electron chi connectivity index (χ4n) is 4.01. The van der Waals surface area contributed by atoms with Gasteiger partial charge in [-0.25, -0.2) is 13.5 Å². The minimum absolute atomic E-state index is 0.291. The number of likely N-dealkylation sites (N-methyl/N-ethyl adjacent to an activating group) is 1. The molecule has 0 saturated carbocycles. The lowest BCUT2D eigenvalue weighted by atomic mass is 10.0. The van der Waals surface area contributed by atoms with Crippen molar-refractivity contribution in [2.45, 2.75) is 24.8 Å². The third-order valence-corrected chi connectivity index (χ3v) is 7.16. The summed E-state index contributed by atoms with van der Waals surface area (Å²) < 4.78 is 16.2. The first-order valence-corrected chi connectivity index (χ1v) is 11.5. The molecule has 1 heterocycles. The van der Waals surface area contributed by atoms with Crippen molar-refractivity contribution in [2.75, 3.05) is 18.5 Å². The molecule has 0 spiro atoms. The van der Waals surface area contributed by atoms with Gasteiger partial charge in [0.15, 0.2) is 0 Å². The number of benzene rings is 3. The van der Waals surface area contributed by atoms with Crippen LogP contribution < -0.4 is 4.90 Å². The van der Waals surface area contributed by atoms with Crippen LogP contribution in [-0.4, -0.2) is 35.0 Å². The molecule has 4 nitrogen and oxygen atoms in total. The van der Waals surface area contributed by atoms with Gasteiger partial charge >= 0.3 is 5.97 Å². The van der Waals surface area contributed by atoms with Crippen LogP contribution in [0.25, 0.3) is 11.1 Å². The molecule has 0 unspecified atom stereocenters. The van der Waals surface area contributed by atoms with E-state index in [1.165, 1.54) is 12.1 Å². The molecule has 1 N–H and O–H groups in total. The van der Waals surface area contributed by atoms with Crippen LogP contribution in [0.1, 0.15) is 24.2 Å². The Hall–Kier alpha value is -2.54. The Morgan fingerprint density at radius 1 is 1.16 bits per heavy atom. The average Bonchev–Trinajstić information content (AvgIpc) is 2.90. The first-order valence-electron chi connectivity index (χ1n) is 10.4. The molecule has 1 aliphatic heterocycles. The Kier molecular flexibility index (Phi) is 6.47. The molecule has 0 bridgehead atoms. The number of anilines is 2. The van der Waals surface area contributed by atoms with Crippen LogP contribution in [0.15, 0.2) is 65.6 Å². The first kappa shape index (κ1) is 22.6. The molecular formula is C25H24ClFN2O2S. The molecule has 0 radical (unpaired) electrons. The summed E-state index contributed by atoms with van der Waals surface area (Å²) in [6.07, 6.45) is 0. The fraction of sp³-hybridized carbons (Fsp3) is 0.240. The van der Waals surface area contributed by atoms with E-state index in [1.807, 2.05) is 30.3 Å². The maximum absolute atomic E-state index is 13.9. The molecule has 0 amide bonds. The normalized spacial score (nSPS) is 16.7. The van der Waals surface area contributed by atoms with Crippen molar-refractivity contribution in [3.8, 4) is 11.1 Å². The van der Waals surface area contributed by atoms with Crippen LogP contribution in [0.4, 0.5) is 15.8 Å². The van der Waals surface area contributed by atoms with E-state index in [0.29, 0.717) is 28.1 Å². The number of halogens is 2. The van der Waals surface area contributed by atoms with E-state index in [4.69, 9.17) is 11.6 Å². The Bertz CT molecular complexity index is 1160. The molecule has 0 fully saturated rings. The summed E-state index contributed by atoms with van der Waals surface area (Å²) in [6, 6.07) is 18.4. The van der Waals surface area contributed by atoms with Crippen molar-refractivity contribution in [3.63, 3.8) is 0 Å². The number of carboxylic acid groups (broad SMARTS) is 1. The highest BCUT2D eigenvalue weighted by atomic mass is 35.5. The number of nitrogens with zero attached hydrogens (tertiary/aromatic N) is 2. The number of aromatic carboxylic acids is 1. The van der Waals surface area contributed by atoms with Crippen molar-refractivity contribution >= 4 is 40.9 Å². The number of para-hydroxylation sites is 1. The van der Waals surface area contributed by atoms with Gasteiger partial charge in [0.1, 0.15) is 5.82 Å². The van der Waals surface area contributed by atoms with Crippen LogP contribution in [0.5, 0.6) is 0 Å². The molecule has 166 valence electrons. The molecule has 3 aromatic rings. The molecule has 32 heavy (non-hydrogen) atoms. The van der Waals surface area contributed by atoms with E-state index in [1.54, 1.807) is 18.0 Å². The van der Waals surface area contributed by atoms with Crippen molar-refractivity contribution < 1.29 is 14.3 Å². The first-order chi connectivity index (χ1) is 15.3. The third kappa shape index (κ3) is 4.35. The molecule has 3 aromatic carbocycles. The van der Waals surface area contributed by atoms with Crippen LogP contribution >= 0.6 is 23.5 Å². The van der Waals surface area contributed by atoms with Crippen LogP contribution in [-0.2, 0) is 0 Å². The van der Waals surface area contributed by atoms with Gasteiger partial charge in [-0.15, -0.1) is 0 Å². The zero-order chi connectivity index (χ0) is 23.0. The maximum Gasteiger partial charge on any atom is 0.338 e. The highest BCUT2D eigenvalue weighted by Gasteiger charge is 2.30. The van der Waals surface area contributed by atoms with Gasteiger partial charge in [0.05, 0.1) is 16.3 Å². The van der Waals surface area contributed by atoms with E-state index < -0.39 is 11.8 Å². The van der Waals surface area contributed by atoms with Crippen LogP contribution in [0, 0.1) is 11.7 Å². The summed E-state index contributed by atoms with van der Waals surface area (Å²) in [5, 5.41) is 9.81. The summed E-state index contributed by atoms with van der Waals surface area (Å²) in [7, 11) is 2.09. The predicted molar refractivity (Wildman–Crippen MR) is 129 cm³/mol. The standard InChI is InChI=1S/C25H24ClFN2O2S/c1-15(2)23-14-29(17-7-5-4-6-8-17)22-13-20(26)18(12-24(22)32-28(23)3)16-9-10-21(27)19(11-16)25(30)31/h4-13,15,23H,14H2,1-3H3,(H,30,31)/t23-/m0/s1. The topological polar surface area (TPSA) is 43.8 Å². The fourth-order valence-corrected chi connectivity index (χ4v) is 5.47. The Labute approximate surface area is 196 Å². The van der Waals surface area contributed by atoms with Gasteiger partial charge in [-0.2, -0.15) is 0 Å². The zero-order valence-corrected chi connectivity index (χ0v) is 19.6. The smallest absolute Gasteiger partial charge is 0.338 e. The molecule has 1 aliphatic rings. The molecule has 7 heteroatoms. The quantitative estimate of drug-likeness (QED) is 0.417. The van der Waals surface area contributed by atoms with E-state index in [0.717, 1.165) is 22.8 Å². The van der Waals surface area contributed by atoms with Crippen molar-refractivity contribution in [1.29, 1.82) is 0 Å². The zero-order valence-electron chi connectivity index (χ0n) is 18.0. The SMILES string of the molecule is CC(C)[C@@H]1CN(c2ccccc2)c2cc(Cl)c(-c3ccc(F)c(C(=O)O)c3)cc2SN1C. The number of carbonyl (C=O) groups is 1. The summed E-state index contributed by atoms with van der Waals surface area (Å²) >= 11 is 8.36. The minimum Gasteiger partial charge on any atom is -0.478 e.